The molecular formula is C17H30N4. The summed E-state index contributed by atoms with van der Waals surface area (Å²) in [5, 5.41) is 3.53. The highest BCUT2D eigenvalue weighted by atomic mass is 15.3. The van der Waals surface area contributed by atoms with Crippen molar-refractivity contribution < 1.29 is 0 Å². The number of pyridine rings is 1. The van der Waals surface area contributed by atoms with E-state index < -0.39 is 0 Å². The molecule has 0 aliphatic carbocycles. The highest BCUT2D eigenvalue weighted by molar-refractivity contribution is 5.52. The third-order valence-corrected chi connectivity index (χ3v) is 4.26. The van der Waals surface area contributed by atoms with E-state index in [1.54, 1.807) is 0 Å². The molecule has 0 aromatic carbocycles. The Morgan fingerprint density at radius 3 is 2.86 bits per heavy atom. The van der Waals surface area contributed by atoms with Gasteiger partial charge in [0.2, 0.25) is 0 Å². The van der Waals surface area contributed by atoms with Crippen molar-refractivity contribution in [3.8, 4) is 0 Å². The van der Waals surface area contributed by atoms with Crippen molar-refractivity contribution in [3.63, 3.8) is 0 Å². The molecule has 1 atom stereocenters. The van der Waals surface area contributed by atoms with Crippen LogP contribution in [0.5, 0.6) is 0 Å². The van der Waals surface area contributed by atoms with Crippen LogP contribution in [0.3, 0.4) is 0 Å². The molecule has 1 N–H and O–H groups in total. The number of nitrogens with zero attached hydrogens (tertiary/aromatic N) is 3. The van der Waals surface area contributed by atoms with Crippen molar-refractivity contribution in [1.29, 1.82) is 0 Å². The van der Waals surface area contributed by atoms with Gasteiger partial charge in [0.1, 0.15) is 0 Å². The van der Waals surface area contributed by atoms with E-state index in [-0.39, 0.29) is 0 Å². The molecule has 1 aromatic rings. The maximum atomic E-state index is 4.31. The van der Waals surface area contributed by atoms with Gasteiger partial charge in [-0.15, -0.1) is 0 Å². The van der Waals surface area contributed by atoms with Crippen LogP contribution in [0.25, 0.3) is 0 Å². The van der Waals surface area contributed by atoms with E-state index in [1.165, 1.54) is 11.3 Å². The van der Waals surface area contributed by atoms with Crippen molar-refractivity contribution in [3.05, 3.63) is 24.0 Å². The number of aromatic nitrogens is 1. The van der Waals surface area contributed by atoms with Gasteiger partial charge in [-0.25, -0.2) is 0 Å². The lowest BCUT2D eigenvalue weighted by molar-refractivity contribution is 0.199. The minimum absolute atomic E-state index is 0.619. The summed E-state index contributed by atoms with van der Waals surface area (Å²) in [5.41, 5.74) is 2.67. The normalized spacial score (nSPS) is 20.2. The second-order valence-corrected chi connectivity index (χ2v) is 6.45. The Labute approximate surface area is 129 Å². The van der Waals surface area contributed by atoms with Crippen LogP contribution in [-0.4, -0.2) is 48.6 Å². The summed E-state index contributed by atoms with van der Waals surface area (Å²) in [4.78, 5) is 9.38. The minimum atomic E-state index is 0.619. The molecule has 0 saturated carbocycles. The number of hydrogen-bond donors (Lipinski definition) is 1. The van der Waals surface area contributed by atoms with Crippen LogP contribution >= 0.6 is 0 Å². The van der Waals surface area contributed by atoms with Crippen LogP contribution < -0.4 is 10.2 Å². The predicted octanol–water partition coefficient (Wildman–Crippen LogP) is 2.36. The number of rotatable bonds is 6. The molecule has 0 spiro atoms. The molecular weight excluding hydrogens is 260 g/mol. The first-order valence-electron chi connectivity index (χ1n) is 8.24. The van der Waals surface area contributed by atoms with Gasteiger partial charge in [0.25, 0.3) is 0 Å². The zero-order chi connectivity index (χ0) is 15.2. The molecule has 1 aliphatic rings. The summed E-state index contributed by atoms with van der Waals surface area (Å²) in [5.74, 6) is 0.679. The standard InChI is InChI=1S/C17H30N4/c1-5-20-8-9-21(13-15(20)4)17-6-7-18-11-16(17)12-19-10-14(2)3/h6-7,11,14-15,19H,5,8-10,12-13H2,1-4H3. The zero-order valence-electron chi connectivity index (χ0n) is 14.0. The van der Waals surface area contributed by atoms with E-state index in [0.717, 1.165) is 39.3 Å². The van der Waals surface area contributed by atoms with E-state index in [4.69, 9.17) is 0 Å². The molecule has 0 bridgehead atoms. The SMILES string of the molecule is CCN1CCN(c2ccncc2CNCC(C)C)CC1C. The largest absolute Gasteiger partial charge is 0.368 e. The Morgan fingerprint density at radius 1 is 1.38 bits per heavy atom. The summed E-state index contributed by atoms with van der Waals surface area (Å²) in [6.07, 6.45) is 3.93. The van der Waals surface area contributed by atoms with Crippen LogP contribution in [0.2, 0.25) is 0 Å². The van der Waals surface area contributed by atoms with Gasteiger partial charge >= 0.3 is 0 Å². The summed E-state index contributed by atoms with van der Waals surface area (Å²) in [6.45, 7) is 15.5. The maximum Gasteiger partial charge on any atom is 0.0443 e. The molecule has 2 rings (SSSR count). The Balaban J connectivity index is 2.02. The van der Waals surface area contributed by atoms with Crippen molar-refractivity contribution in [2.24, 2.45) is 5.92 Å². The third-order valence-electron chi connectivity index (χ3n) is 4.26. The summed E-state index contributed by atoms with van der Waals surface area (Å²) in [6, 6.07) is 2.79. The van der Waals surface area contributed by atoms with E-state index in [2.05, 4.69) is 53.9 Å². The molecule has 4 nitrogen and oxygen atoms in total. The number of hydrogen-bond acceptors (Lipinski definition) is 4. The molecule has 21 heavy (non-hydrogen) atoms. The Bertz CT molecular complexity index is 433. The van der Waals surface area contributed by atoms with Crippen molar-refractivity contribution >= 4 is 5.69 Å². The Kier molecular flexibility index (Phi) is 6.00. The lowest BCUT2D eigenvalue weighted by atomic mass is 10.1. The fourth-order valence-electron chi connectivity index (χ4n) is 3.04. The van der Waals surface area contributed by atoms with Crippen molar-refractivity contribution in [1.82, 2.24) is 15.2 Å². The second-order valence-electron chi connectivity index (χ2n) is 6.45. The highest BCUT2D eigenvalue weighted by Gasteiger charge is 2.23. The maximum absolute atomic E-state index is 4.31. The summed E-state index contributed by atoms with van der Waals surface area (Å²) >= 11 is 0. The van der Waals surface area contributed by atoms with Gasteiger partial charge in [-0.3, -0.25) is 9.88 Å². The van der Waals surface area contributed by atoms with E-state index in [1.807, 2.05) is 12.4 Å². The van der Waals surface area contributed by atoms with Gasteiger partial charge in [0.15, 0.2) is 0 Å². The van der Waals surface area contributed by atoms with Crippen LogP contribution in [-0.2, 0) is 6.54 Å². The fraction of sp³-hybridized carbons (Fsp3) is 0.706. The first-order chi connectivity index (χ1) is 10.1. The van der Waals surface area contributed by atoms with Crippen molar-refractivity contribution in [2.45, 2.75) is 40.3 Å². The molecule has 1 aromatic heterocycles. The summed E-state index contributed by atoms with van der Waals surface area (Å²) in [7, 11) is 0. The second kappa shape index (κ2) is 7.76. The van der Waals surface area contributed by atoms with Crippen LogP contribution in [0.1, 0.15) is 33.3 Å². The fourth-order valence-corrected chi connectivity index (χ4v) is 3.04. The molecule has 0 amide bonds. The first kappa shape index (κ1) is 16.2. The lowest BCUT2D eigenvalue weighted by Gasteiger charge is -2.41. The quantitative estimate of drug-likeness (QED) is 0.871. The number of likely N-dealkylation sites (N-methyl/N-ethyl adjacent to an activating group) is 1. The van der Waals surface area contributed by atoms with Crippen LogP contribution in [0.4, 0.5) is 5.69 Å². The van der Waals surface area contributed by atoms with Gasteiger partial charge < -0.3 is 10.2 Å². The number of anilines is 1. The molecule has 4 heteroatoms. The highest BCUT2D eigenvalue weighted by Crippen LogP contribution is 2.22. The zero-order valence-corrected chi connectivity index (χ0v) is 14.0. The number of piperazine rings is 1. The van der Waals surface area contributed by atoms with E-state index in [9.17, 15) is 0 Å². The molecule has 1 unspecified atom stereocenters. The van der Waals surface area contributed by atoms with Crippen LogP contribution in [0.15, 0.2) is 18.5 Å². The lowest BCUT2D eigenvalue weighted by Crippen LogP contribution is -2.52. The molecule has 1 aliphatic heterocycles. The first-order valence-corrected chi connectivity index (χ1v) is 8.24. The monoisotopic (exact) mass is 290 g/mol. The van der Waals surface area contributed by atoms with Gasteiger partial charge in [-0.1, -0.05) is 20.8 Å². The van der Waals surface area contributed by atoms with Gasteiger partial charge in [-0.05, 0) is 32.0 Å². The van der Waals surface area contributed by atoms with Crippen LogP contribution in [0, 0.1) is 5.92 Å². The topological polar surface area (TPSA) is 31.4 Å². The molecule has 1 saturated heterocycles. The number of nitrogens with one attached hydrogen (secondary N) is 1. The Morgan fingerprint density at radius 2 is 2.19 bits per heavy atom. The Hall–Kier alpha value is -1.13. The van der Waals surface area contributed by atoms with Crippen molar-refractivity contribution in [2.75, 3.05) is 37.6 Å². The minimum Gasteiger partial charge on any atom is -0.368 e. The molecule has 118 valence electrons. The molecule has 1 fully saturated rings. The molecule has 2 heterocycles. The van der Waals surface area contributed by atoms with Gasteiger partial charge in [0.05, 0.1) is 0 Å². The third kappa shape index (κ3) is 4.42. The van der Waals surface area contributed by atoms with E-state index in [0.29, 0.717) is 12.0 Å². The van der Waals surface area contributed by atoms with Gasteiger partial charge in [0, 0.05) is 55.9 Å². The smallest absolute Gasteiger partial charge is 0.0443 e. The summed E-state index contributed by atoms with van der Waals surface area (Å²) < 4.78 is 0. The molecule has 0 radical (unpaired) electrons. The van der Waals surface area contributed by atoms with Gasteiger partial charge in [-0.2, -0.15) is 0 Å². The predicted molar refractivity (Wildman–Crippen MR) is 89.7 cm³/mol. The average Bonchev–Trinajstić information content (AvgIpc) is 2.47. The van der Waals surface area contributed by atoms with E-state index >= 15 is 0 Å². The average molecular weight is 290 g/mol.